The summed E-state index contributed by atoms with van der Waals surface area (Å²) in [6, 6.07) is 13.1. The van der Waals surface area contributed by atoms with Crippen molar-refractivity contribution in [3.63, 3.8) is 0 Å². The van der Waals surface area contributed by atoms with Crippen molar-refractivity contribution in [2.45, 2.75) is 20.8 Å². The van der Waals surface area contributed by atoms with E-state index in [2.05, 4.69) is 59.3 Å². The Balaban J connectivity index is 0.000000514. The second-order valence-corrected chi connectivity index (χ2v) is 5.74. The minimum absolute atomic E-state index is 1.15. The lowest BCUT2D eigenvalue weighted by molar-refractivity contribution is 1.50. The van der Waals surface area contributed by atoms with Crippen LogP contribution in [0.5, 0.6) is 0 Å². The molecule has 1 aromatic heterocycles. The zero-order chi connectivity index (χ0) is 12.4. The molecule has 0 atom stereocenters. The Morgan fingerprint density at radius 2 is 1.47 bits per heavy atom. The van der Waals surface area contributed by atoms with E-state index in [1.807, 2.05) is 25.2 Å². The molecule has 3 aromatic rings. The molecule has 0 amide bonds. The van der Waals surface area contributed by atoms with Gasteiger partial charge in [0.25, 0.3) is 0 Å². The van der Waals surface area contributed by atoms with Gasteiger partial charge in [0.2, 0.25) is 0 Å². The molecule has 0 bridgehead atoms. The van der Waals surface area contributed by atoms with Gasteiger partial charge < -0.3 is 0 Å². The fourth-order valence-electron chi connectivity index (χ4n) is 1.86. The molecule has 0 nitrogen and oxygen atoms in total. The monoisotopic (exact) mass is 306 g/mol. The summed E-state index contributed by atoms with van der Waals surface area (Å²) in [5.41, 5.74) is 1.32. The van der Waals surface area contributed by atoms with Gasteiger partial charge in [0.15, 0.2) is 0 Å². The lowest BCUT2D eigenvalue weighted by Crippen LogP contribution is -1.70. The molecule has 0 N–H and O–H groups in total. The van der Waals surface area contributed by atoms with Crippen LogP contribution in [0, 0.1) is 6.92 Å². The normalized spacial score (nSPS) is 10.4. The highest BCUT2D eigenvalue weighted by Gasteiger charge is 2.04. The van der Waals surface area contributed by atoms with Crippen molar-refractivity contribution in [3.8, 4) is 0 Å². The van der Waals surface area contributed by atoms with Gasteiger partial charge >= 0.3 is 0 Å². The molecule has 0 radical (unpaired) electrons. The lowest BCUT2D eigenvalue weighted by Gasteiger charge is -1.94. The number of rotatable bonds is 0. The third-order valence-electron chi connectivity index (χ3n) is 2.59. The number of thiophene rings is 1. The summed E-state index contributed by atoms with van der Waals surface area (Å²) in [5.74, 6) is 0. The van der Waals surface area contributed by atoms with Crippen molar-refractivity contribution in [1.29, 1.82) is 0 Å². The van der Waals surface area contributed by atoms with Gasteiger partial charge in [-0.05, 0) is 37.3 Å². The van der Waals surface area contributed by atoms with Crippen molar-refractivity contribution in [3.05, 3.63) is 46.4 Å². The SMILES string of the molecule is CC.Cc1ccc2sc3ccc(Br)cc3c2c1. The average Bonchev–Trinajstić information content (AvgIpc) is 2.69. The van der Waals surface area contributed by atoms with Crippen LogP contribution in [-0.4, -0.2) is 0 Å². The number of halogens is 1. The third kappa shape index (κ3) is 2.38. The molecule has 0 saturated heterocycles. The molecule has 2 heteroatoms. The average molecular weight is 307 g/mol. The number of benzene rings is 2. The Kier molecular flexibility index (Phi) is 3.85. The fourth-order valence-corrected chi connectivity index (χ4v) is 3.29. The molecule has 0 aliphatic heterocycles. The quantitative estimate of drug-likeness (QED) is 0.467. The second-order valence-electron chi connectivity index (χ2n) is 3.74. The van der Waals surface area contributed by atoms with Crippen molar-refractivity contribution >= 4 is 47.4 Å². The van der Waals surface area contributed by atoms with Crippen LogP contribution >= 0.6 is 27.3 Å². The zero-order valence-electron chi connectivity index (χ0n) is 10.3. The lowest BCUT2D eigenvalue weighted by atomic mass is 10.1. The van der Waals surface area contributed by atoms with Crippen LogP contribution in [-0.2, 0) is 0 Å². The maximum absolute atomic E-state index is 3.53. The highest BCUT2D eigenvalue weighted by atomic mass is 79.9. The first-order chi connectivity index (χ1) is 8.24. The van der Waals surface area contributed by atoms with Crippen LogP contribution in [0.4, 0.5) is 0 Å². The van der Waals surface area contributed by atoms with Gasteiger partial charge in [-0.15, -0.1) is 11.3 Å². The maximum Gasteiger partial charge on any atom is 0.0356 e. The van der Waals surface area contributed by atoms with Gasteiger partial charge in [-0.3, -0.25) is 0 Å². The molecule has 0 aliphatic carbocycles. The van der Waals surface area contributed by atoms with E-state index in [9.17, 15) is 0 Å². The van der Waals surface area contributed by atoms with E-state index in [4.69, 9.17) is 0 Å². The summed E-state index contributed by atoms with van der Waals surface area (Å²) in [6.45, 7) is 6.14. The summed E-state index contributed by atoms with van der Waals surface area (Å²) in [5, 5.41) is 2.73. The molecule has 17 heavy (non-hydrogen) atoms. The first-order valence-corrected chi connectivity index (χ1v) is 7.43. The molecule has 2 aromatic carbocycles. The Hall–Kier alpha value is -0.860. The van der Waals surface area contributed by atoms with Gasteiger partial charge in [-0.25, -0.2) is 0 Å². The van der Waals surface area contributed by atoms with E-state index >= 15 is 0 Å². The zero-order valence-corrected chi connectivity index (χ0v) is 12.7. The topological polar surface area (TPSA) is 0 Å². The smallest absolute Gasteiger partial charge is 0.0356 e. The van der Waals surface area contributed by atoms with Crippen molar-refractivity contribution in [2.24, 2.45) is 0 Å². The highest BCUT2D eigenvalue weighted by molar-refractivity contribution is 9.10. The van der Waals surface area contributed by atoms with Gasteiger partial charge in [-0.1, -0.05) is 41.4 Å². The molecule has 3 rings (SSSR count). The van der Waals surface area contributed by atoms with E-state index < -0.39 is 0 Å². The number of aryl methyl sites for hydroxylation is 1. The molecule has 0 spiro atoms. The molecule has 0 aliphatic rings. The van der Waals surface area contributed by atoms with Crippen LogP contribution in [0.1, 0.15) is 19.4 Å². The Labute approximate surface area is 114 Å². The standard InChI is InChI=1S/C13H9BrS.C2H6/c1-8-2-4-12-10(6-8)11-7-9(14)3-5-13(11)15-12;1-2/h2-7H,1H3;1-2H3. The van der Waals surface area contributed by atoms with E-state index in [-0.39, 0.29) is 0 Å². The molecule has 1 heterocycles. The first-order valence-electron chi connectivity index (χ1n) is 5.82. The van der Waals surface area contributed by atoms with E-state index in [1.165, 1.54) is 25.7 Å². The van der Waals surface area contributed by atoms with Gasteiger partial charge in [0.05, 0.1) is 0 Å². The summed E-state index contributed by atoms with van der Waals surface area (Å²) < 4.78 is 3.88. The van der Waals surface area contributed by atoms with Gasteiger partial charge in [0.1, 0.15) is 0 Å². The summed E-state index contributed by atoms with van der Waals surface area (Å²) in [7, 11) is 0. The largest absolute Gasteiger partial charge is 0.135 e. The Morgan fingerprint density at radius 3 is 2.18 bits per heavy atom. The van der Waals surface area contributed by atoms with Crippen molar-refractivity contribution in [2.75, 3.05) is 0 Å². The maximum atomic E-state index is 3.53. The minimum Gasteiger partial charge on any atom is -0.135 e. The predicted molar refractivity (Wildman–Crippen MR) is 83.1 cm³/mol. The summed E-state index contributed by atoms with van der Waals surface area (Å²) in [6.07, 6.45) is 0. The molecular formula is C15H15BrS. The number of hydrogen-bond acceptors (Lipinski definition) is 1. The van der Waals surface area contributed by atoms with Crippen LogP contribution in [0.25, 0.3) is 20.2 Å². The molecule has 0 saturated carbocycles. The minimum atomic E-state index is 1.15. The summed E-state index contributed by atoms with van der Waals surface area (Å²) >= 11 is 5.38. The van der Waals surface area contributed by atoms with Crippen LogP contribution in [0.3, 0.4) is 0 Å². The van der Waals surface area contributed by atoms with Crippen molar-refractivity contribution in [1.82, 2.24) is 0 Å². The Morgan fingerprint density at radius 1 is 0.882 bits per heavy atom. The van der Waals surface area contributed by atoms with Crippen LogP contribution in [0.2, 0.25) is 0 Å². The van der Waals surface area contributed by atoms with Crippen LogP contribution in [0.15, 0.2) is 40.9 Å². The number of hydrogen-bond donors (Lipinski definition) is 0. The third-order valence-corrected chi connectivity index (χ3v) is 4.23. The fraction of sp³-hybridized carbons (Fsp3) is 0.200. The van der Waals surface area contributed by atoms with Crippen molar-refractivity contribution < 1.29 is 0 Å². The van der Waals surface area contributed by atoms with Gasteiger partial charge in [-0.2, -0.15) is 0 Å². The highest BCUT2D eigenvalue weighted by Crippen LogP contribution is 2.35. The van der Waals surface area contributed by atoms with E-state index in [1.54, 1.807) is 0 Å². The Bertz CT molecular complexity index is 596. The van der Waals surface area contributed by atoms with E-state index in [0.29, 0.717) is 0 Å². The molecule has 88 valence electrons. The molecule has 0 unspecified atom stereocenters. The first kappa shape index (κ1) is 12.6. The molecule has 0 fully saturated rings. The summed E-state index contributed by atoms with van der Waals surface area (Å²) in [4.78, 5) is 0. The van der Waals surface area contributed by atoms with Gasteiger partial charge in [0, 0.05) is 24.6 Å². The van der Waals surface area contributed by atoms with Crippen LogP contribution < -0.4 is 0 Å². The second kappa shape index (κ2) is 5.19. The predicted octanol–water partition coefficient (Wildman–Crippen LogP) is 6.15. The molecular weight excluding hydrogens is 292 g/mol. The van der Waals surface area contributed by atoms with E-state index in [0.717, 1.165) is 4.47 Å². The number of fused-ring (bicyclic) bond motifs is 3.